The maximum Gasteiger partial charge on any atom is 0.223 e. The number of rotatable bonds is 8. The Morgan fingerprint density at radius 1 is 1.29 bits per heavy atom. The van der Waals surface area contributed by atoms with Crippen molar-refractivity contribution in [3.05, 3.63) is 59.5 Å². The molecule has 1 heterocycles. The summed E-state index contributed by atoms with van der Waals surface area (Å²) >= 11 is 0. The molecular formula is C19H25NO4. The third-order valence-electron chi connectivity index (χ3n) is 3.94. The Bertz CT molecular complexity index is 648. The lowest BCUT2D eigenvalue weighted by Crippen LogP contribution is -2.36. The second-order valence-corrected chi connectivity index (χ2v) is 6.05. The molecule has 0 radical (unpaired) electrons. The summed E-state index contributed by atoms with van der Waals surface area (Å²) in [7, 11) is 1.57. The highest BCUT2D eigenvalue weighted by molar-refractivity contribution is 5.77. The van der Waals surface area contributed by atoms with E-state index in [0.717, 1.165) is 12.2 Å². The number of methoxy groups -OCH3 is 1. The highest BCUT2D eigenvalue weighted by Crippen LogP contribution is 2.25. The first-order valence-electron chi connectivity index (χ1n) is 8.11. The third kappa shape index (κ3) is 4.69. The van der Waals surface area contributed by atoms with E-state index in [0.29, 0.717) is 17.9 Å². The van der Waals surface area contributed by atoms with Crippen molar-refractivity contribution in [3.8, 4) is 0 Å². The van der Waals surface area contributed by atoms with E-state index in [9.17, 15) is 9.90 Å². The Hall–Kier alpha value is -2.11. The predicted molar refractivity (Wildman–Crippen MR) is 91.5 cm³/mol. The van der Waals surface area contributed by atoms with E-state index in [-0.39, 0.29) is 18.4 Å². The molecule has 0 saturated heterocycles. The monoisotopic (exact) mass is 331 g/mol. The van der Waals surface area contributed by atoms with Crippen molar-refractivity contribution in [2.24, 2.45) is 0 Å². The number of carbonyl (C=O) groups excluding carboxylic acids is 1. The summed E-state index contributed by atoms with van der Waals surface area (Å²) in [4.78, 5) is 12.4. The van der Waals surface area contributed by atoms with Gasteiger partial charge in [-0.15, -0.1) is 0 Å². The van der Waals surface area contributed by atoms with Crippen molar-refractivity contribution in [3.63, 3.8) is 0 Å². The Morgan fingerprint density at radius 3 is 2.58 bits per heavy atom. The van der Waals surface area contributed by atoms with Crippen LogP contribution >= 0.6 is 0 Å². The first kappa shape index (κ1) is 18.2. The lowest BCUT2D eigenvalue weighted by Gasteiger charge is -2.24. The van der Waals surface area contributed by atoms with Crippen molar-refractivity contribution in [2.75, 3.05) is 13.7 Å². The number of furan rings is 1. The molecule has 2 unspecified atom stereocenters. The minimum absolute atomic E-state index is 0.0431. The Kier molecular flexibility index (Phi) is 6.17. The van der Waals surface area contributed by atoms with Crippen LogP contribution in [-0.2, 0) is 21.6 Å². The van der Waals surface area contributed by atoms with Crippen LogP contribution in [0.4, 0.5) is 0 Å². The molecule has 130 valence electrons. The standard InChI is InChI=1S/C19H25NO4/c1-4-15-10-11-17(24-15)16(13-23-3)20-18(21)12-19(2,22)14-8-6-5-7-9-14/h5-11,16,22H,4,12-13H2,1-3H3,(H,20,21). The van der Waals surface area contributed by atoms with Crippen molar-refractivity contribution in [1.82, 2.24) is 5.32 Å². The fraction of sp³-hybridized carbons (Fsp3) is 0.421. The van der Waals surface area contributed by atoms with Gasteiger partial charge in [0.2, 0.25) is 5.91 Å². The van der Waals surface area contributed by atoms with Gasteiger partial charge in [0, 0.05) is 13.5 Å². The Morgan fingerprint density at radius 2 is 2.00 bits per heavy atom. The molecule has 0 spiro atoms. The molecule has 2 atom stereocenters. The van der Waals surface area contributed by atoms with E-state index >= 15 is 0 Å². The van der Waals surface area contributed by atoms with Crippen LogP contribution < -0.4 is 5.32 Å². The van der Waals surface area contributed by atoms with E-state index < -0.39 is 5.60 Å². The summed E-state index contributed by atoms with van der Waals surface area (Å²) in [6.45, 7) is 3.94. The van der Waals surface area contributed by atoms with E-state index in [2.05, 4.69) is 5.32 Å². The fourth-order valence-electron chi connectivity index (χ4n) is 2.59. The number of hydrogen-bond donors (Lipinski definition) is 2. The van der Waals surface area contributed by atoms with Crippen molar-refractivity contribution in [1.29, 1.82) is 0 Å². The second kappa shape index (κ2) is 8.13. The summed E-state index contributed by atoms with van der Waals surface area (Å²) in [5.41, 5.74) is -0.532. The minimum atomic E-state index is -1.24. The quantitative estimate of drug-likeness (QED) is 0.780. The SMILES string of the molecule is CCc1ccc(C(COC)NC(=O)CC(C)(O)c2ccccc2)o1. The van der Waals surface area contributed by atoms with Gasteiger partial charge in [-0.25, -0.2) is 0 Å². The molecule has 0 aliphatic heterocycles. The van der Waals surface area contributed by atoms with Crippen LogP contribution in [0.1, 0.15) is 43.4 Å². The van der Waals surface area contributed by atoms with Crippen LogP contribution in [0.2, 0.25) is 0 Å². The molecule has 0 aliphatic rings. The number of amides is 1. The highest BCUT2D eigenvalue weighted by Gasteiger charge is 2.28. The number of hydrogen-bond acceptors (Lipinski definition) is 4. The molecule has 2 aromatic rings. The number of nitrogens with one attached hydrogen (secondary N) is 1. The predicted octanol–water partition coefficient (Wildman–Crippen LogP) is 2.94. The van der Waals surface area contributed by atoms with Gasteiger partial charge in [-0.3, -0.25) is 4.79 Å². The molecule has 0 fully saturated rings. The molecule has 5 nitrogen and oxygen atoms in total. The lowest BCUT2D eigenvalue weighted by atomic mass is 9.92. The van der Waals surface area contributed by atoms with Crippen molar-refractivity contribution < 1.29 is 19.1 Å². The Balaban J connectivity index is 2.05. The zero-order chi connectivity index (χ0) is 17.6. The molecule has 1 aromatic carbocycles. The smallest absolute Gasteiger partial charge is 0.223 e. The Labute approximate surface area is 142 Å². The van der Waals surface area contributed by atoms with Gasteiger partial charge in [-0.05, 0) is 24.6 Å². The number of benzene rings is 1. The van der Waals surface area contributed by atoms with Crippen molar-refractivity contribution >= 4 is 5.91 Å². The van der Waals surface area contributed by atoms with Crippen LogP contribution in [0.25, 0.3) is 0 Å². The second-order valence-electron chi connectivity index (χ2n) is 6.05. The van der Waals surface area contributed by atoms with Crippen LogP contribution in [-0.4, -0.2) is 24.7 Å². The van der Waals surface area contributed by atoms with Gasteiger partial charge >= 0.3 is 0 Å². The third-order valence-corrected chi connectivity index (χ3v) is 3.94. The topological polar surface area (TPSA) is 71.7 Å². The summed E-state index contributed by atoms with van der Waals surface area (Å²) < 4.78 is 10.9. The highest BCUT2D eigenvalue weighted by atomic mass is 16.5. The van der Waals surface area contributed by atoms with Gasteiger partial charge in [0.25, 0.3) is 0 Å². The molecule has 0 aliphatic carbocycles. The zero-order valence-corrected chi connectivity index (χ0v) is 14.4. The molecule has 1 aromatic heterocycles. The maximum atomic E-state index is 12.4. The normalized spacial score (nSPS) is 14.8. The average molecular weight is 331 g/mol. The van der Waals surface area contributed by atoms with Gasteiger partial charge in [-0.2, -0.15) is 0 Å². The molecule has 2 rings (SSSR count). The molecule has 24 heavy (non-hydrogen) atoms. The molecule has 2 N–H and O–H groups in total. The zero-order valence-electron chi connectivity index (χ0n) is 14.4. The van der Waals surface area contributed by atoms with Gasteiger partial charge in [0.05, 0.1) is 18.6 Å². The summed E-state index contributed by atoms with van der Waals surface area (Å²) in [6, 6.07) is 12.5. The molecule has 5 heteroatoms. The van der Waals surface area contributed by atoms with E-state index in [1.54, 1.807) is 26.2 Å². The van der Waals surface area contributed by atoms with Gasteiger partial charge < -0.3 is 19.6 Å². The number of aliphatic hydroxyl groups is 1. The first-order valence-corrected chi connectivity index (χ1v) is 8.11. The van der Waals surface area contributed by atoms with Crippen LogP contribution in [0.5, 0.6) is 0 Å². The maximum absolute atomic E-state index is 12.4. The van der Waals surface area contributed by atoms with E-state index in [4.69, 9.17) is 9.15 Å². The number of ether oxygens (including phenoxy) is 1. The minimum Gasteiger partial charge on any atom is -0.464 e. The molecule has 0 saturated carbocycles. The lowest BCUT2D eigenvalue weighted by molar-refractivity contribution is -0.127. The van der Waals surface area contributed by atoms with Gasteiger partial charge in [0.1, 0.15) is 17.6 Å². The number of carbonyl (C=O) groups is 1. The molecular weight excluding hydrogens is 306 g/mol. The fourth-order valence-corrected chi connectivity index (χ4v) is 2.59. The average Bonchev–Trinajstić information content (AvgIpc) is 3.04. The van der Waals surface area contributed by atoms with Crippen LogP contribution in [0.15, 0.2) is 46.9 Å². The first-order chi connectivity index (χ1) is 11.5. The summed E-state index contributed by atoms with van der Waals surface area (Å²) in [5, 5.41) is 13.5. The van der Waals surface area contributed by atoms with E-state index in [1.165, 1.54) is 0 Å². The largest absolute Gasteiger partial charge is 0.464 e. The molecule has 0 bridgehead atoms. The van der Waals surface area contributed by atoms with Crippen molar-refractivity contribution in [2.45, 2.75) is 38.3 Å². The van der Waals surface area contributed by atoms with Gasteiger partial charge in [0.15, 0.2) is 0 Å². The summed E-state index contributed by atoms with van der Waals surface area (Å²) in [6.07, 6.45) is 0.745. The molecule has 1 amide bonds. The van der Waals surface area contributed by atoms with Crippen LogP contribution in [0, 0.1) is 0 Å². The van der Waals surface area contributed by atoms with Gasteiger partial charge in [-0.1, -0.05) is 37.3 Å². The van der Waals surface area contributed by atoms with Crippen LogP contribution in [0.3, 0.4) is 0 Å². The summed E-state index contributed by atoms with van der Waals surface area (Å²) in [5.74, 6) is 1.25. The number of aryl methyl sites for hydroxylation is 1. The van der Waals surface area contributed by atoms with E-state index in [1.807, 2.05) is 37.3 Å².